The third-order valence-corrected chi connectivity index (χ3v) is 2.60. The molecule has 2 heterocycles. The Hall–Kier alpha value is -0.940. The topological polar surface area (TPSA) is 60.2 Å². The van der Waals surface area contributed by atoms with Crippen LogP contribution in [-0.2, 0) is 11.3 Å². The lowest BCUT2D eigenvalue weighted by Gasteiger charge is -2.06. The summed E-state index contributed by atoms with van der Waals surface area (Å²) in [5.74, 6) is 2.01. The van der Waals surface area contributed by atoms with Crippen molar-refractivity contribution in [3.05, 3.63) is 11.8 Å². The van der Waals surface area contributed by atoms with Crippen LogP contribution in [0.5, 0.6) is 0 Å². The van der Waals surface area contributed by atoms with E-state index < -0.39 is 0 Å². The standard InChI is InChI=1S/C10H17N3O2/c1-8-12-13-10(15-8)6-11-4-2-9-3-5-14-7-9/h9,11H,2-7H2,1H3. The van der Waals surface area contributed by atoms with Gasteiger partial charge in [0.05, 0.1) is 6.54 Å². The number of hydrogen-bond donors (Lipinski definition) is 1. The molecule has 1 aromatic heterocycles. The van der Waals surface area contributed by atoms with Crippen molar-refractivity contribution in [2.24, 2.45) is 5.92 Å². The van der Waals surface area contributed by atoms with Gasteiger partial charge >= 0.3 is 0 Å². The first kappa shape index (κ1) is 10.6. The zero-order chi connectivity index (χ0) is 10.5. The van der Waals surface area contributed by atoms with Crippen LogP contribution in [0.15, 0.2) is 4.42 Å². The molecule has 5 nitrogen and oxygen atoms in total. The third kappa shape index (κ3) is 3.28. The zero-order valence-corrected chi connectivity index (χ0v) is 9.03. The zero-order valence-electron chi connectivity index (χ0n) is 9.03. The van der Waals surface area contributed by atoms with Gasteiger partial charge in [-0.3, -0.25) is 0 Å². The highest BCUT2D eigenvalue weighted by molar-refractivity contribution is 4.78. The van der Waals surface area contributed by atoms with E-state index in [1.54, 1.807) is 6.92 Å². The first-order valence-corrected chi connectivity index (χ1v) is 5.42. The van der Waals surface area contributed by atoms with Crippen molar-refractivity contribution in [3.8, 4) is 0 Å². The largest absolute Gasteiger partial charge is 0.424 e. The molecule has 1 N–H and O–H groups in total. The molecule has 0 aromatic carbocycles. The summed E-state index contributed by atoms with van der Waals surface area (Å²) in [5.41, 5.74) is 0. The van der Waals surface area contributed by atoms with Gasteiger partial charge in [0.1, 0.15) is 0 Å². The number of aromatic nitrogens is 2. The van der Waals surface area contributed by atoms with Gasteiger partial charge in [0, 0.05) is 20.1 Å². The fourth-order valence-electron chi connectivity index (χ4n) is 1.72. The smallest absolute Gasteiger partial charge is 0.230 e. The summed E-state index contributed by atoms with van der Waals surface area (Å²) in [5, 5.41) is 11.0. The molecule has 1 unspecified atom stereocenters. The Morgan fingerprint density at radius 1 is 1.47 bits per heavy atom. The SMILES string of the molecule is Cc1nnc(CNCCC2CCOC2)o1. The van der Waals surface area contributed by atoms with E-state index >= 15 is 0 Å². The number of aryl methyl sites for hydroxylation is 1. The van der Waals surface area contributed by atoms with Crippen LogP contribution in [0.4, 0.5) is 0 Å². The third-order valence-electron chi connectivity index (χ3n) is 2.60. The van der Waals surface area contributed by atoms with E-state index in [1.807, 2.05) is 0 Å². The first-order chi connectivity index (χ1) is 7.34. The van der Waals surface area contributed by atoms with E-state index in [9.17, 15) is 0 Å². The summed E-state index contributed by atoms with van der Waals surface area (Å²) in [6, 6.07) is 0. The summed E-state index contributed by atoms with van der Waals surface area (Å²) in [4.78, 5) is 0. The second-order valence-electron chi connectivity index (χ2n) is 3.91. The Kier molecular flexibility index (Phi) is 3.69. The van der Waals surface area contributed by atoms with Crippen LogP contribution in [0.3, 0.4) is 0 Å². The summed E-state index contributed by atoms with van der Waals surface area (Å²) < 4.78 is 10.6. The Bertz CT molecular complexity index is 295. The van der Waals surface area contributed by atoms with Crippen molar-refractivity contribution in [2.75, 3.05) is 19.8 Å². The molecule has 0 aliphatic carbocycles. The van der Waals surface area contributed by atoms with Crippen molar-refractivity contribution < 1.29 is 9.15 Å². The van der Waals surface area contributed by atoms with Gasteiger partial charge in [0.15, 0.2) is 0 Å². The molecule has 0 radical (unpaired) electrons. The molecule has 0 saturated carbocycles. The quantitative estimate of drug-likeness (QED) is 0.733. The molecule has 1 aliphatic heterocycles. The molecule has 0 bridgehead atoms. The van der Waals surface area contributed by atoms with Crippen LogP contribution in [-0.4, -0.2) is 30.0 Å². The maximum absolute atomic E-state index is 5.31. The normalized spacial score (nSPS) is 21.0. The fourth-order valence-corrected chi connectivity index (χ4v) is 1.72. The van der Waals surface area contributed by atoms with Crippen LogP contribution in [0.25, 0.3) is 0 Å². The Balaban J connectivity index is 1.58. The lowest BCUT2D eigenvalue weighted by atomic mass is 10.1. The van der Waals surface area contributed by atoms with Crippen molar-refractivity contribution in [1.82, 2.24) is 15.5 Å². The lowest BCUT2D eigenvalue weighted by molar-refractivity contribution is 0.184. The van der Waals surface area contributed by atoms with E-state index in [0.717, 1.165) is 32.1 Å². The van der Waals surface area contributed by atoms with E-state index in [4.69, 9.17) is 9.15 Å². The summed E-state index contributed by atoms with van der Waals surface area (Å²) >= 11 is 0. The molecule has 84 valence electrons. The average Bonchev–Trinajstić information content (AvgIpc) is 2.84. The first-order valence-electron chi connectivity index (χ1n) is 5.42. The predicted octanol–water partition coefficient (Wildman–Crippen LogP) is 0.894. The molecule has 15 heavy (non-hydrogen) atoms. The second-order valence-corrected chi connectivity index (χ2v) is 3.91. The number of rotatable bonds is 5. The van der Waals surface area contributed by atoms with Gasteiger partial charge in [-0.1, -0.05) is 0 Å². The average molecular weight is 211 g/mol. The fraction of sp³-hybridized carbons (Fsp3) is 0.800. The predicted molar refractivity (Wildman–Crippen MR) is 54.3 cm³/mol. The van der Waals surface area contributed by atoms with Crippen molar-refractivity contribution >= 4 is 0 Å². The summed E-state index contributed by atoms with van der Waals surface area (Å²) in [6.07, 6.45) is 2.36. The van der Waals surface area contributed by atoms with Crippen LogP contribution in [0.1, 0.15) is 24.6 Å². The molecule has 0 amide bonds. The highest BCUT2D eigenvalue weighted by Crippen LogP contribution is 2.15. The minimum absolute atomic E-state index is 0.621. The van der Waals surface area contributed by atoms with Crippen LogP contribution < -0.4 is 5.32 Å². The van der Waals surface area contributed by atoms with Gasteiger partial charge < -0.3 is 14.5 Å². The summed E-state index contributed by atoms with van der Waals surface area (Å²) in [6.45, 7) is 5.28. The molecule has 1 aliphatic rings. The highest BCUT2D eigenvalue weighted by Gasteiger charge is 2.14. The number of hydrogen-bond acceptors (Lipinski definition) is 5. The van der Waals surface area contributed by atoms with Crippen LogP contribution in [0.2, 0.25) is 0 Å². The van der Waals surface area contributed by atoms with Gasteiger partial charge in [-0.05, 0) is 25.3 Å². The van der Waals surface area contributed by atoms with Gasteiger partial charge in [0.2, 0.25) is 11.8 Å². The summed E-state index contributed by atoms with van der Waals surface area (Å²) in [7, 11) is 0. The Morgan fingerprint density at radius 2 is 2.40 bits per heavy atom. The van der Waals surface area contributed by atoms with Crippen molar-refractivity contribution in [1.29, 1.82) is 0 Å². The van der Waals surface area contributed by atoms with Crippen molar-refractivity contribution in [3.63, 3.8) is 0 Å². The number of nitrogens with zero attached hydrogens (tertiary/aromatic N) is 2. The Morgan fingerprint density at radius 3 is 3.07 bits per heavy atom. The molecule has 0 spiro atoms. The van der Waals surface area contributed by atoms with Crippen LogP contribution in [0, 0.1) is 12.8 Å². The molecule has 2 rings (SSSR count). The number of ether oxygens (including phenoxy) is 1. The molecular weight excluding hydrogens is 194 g/mol. The van der Waals surface area contributed by atoms with Gasteiger partial charge in [-0.15, -0.1) is 10.2 Å². The van der Waals surface area contributed by atoms with Crippen LogP contribution >= 0.6 is 0 Å². The van der Waals surface area contributed by atoms with Crippen molar-refractivity contribution in [2.45, 2.75) is 26.3 Å². The minimum Gasteiger partial charge on any atom is -0.424 e. The number of nitrogens with one attached hydrogen (secondary N) is 1. The van der Waals surface area contributed by atoms with E-state index in [0.29, 0.717) is 18.3 Å². The van der Waals surface area contributed by atoms with Gasteiger partial charge in [0.25, 0.3) is 0 Å². The van der Waals surface area contributed by atoms with Gasteiger partial charge in [-0.2, -0.15) is 0 Å². The monoisotopic (exact) mass is 211 g/mol. The Labute approximate surface area is 89.2 Å². The molecule has 1 fully saturated rings. The van der Waals surface area contributed by atoms with E-state index in [2.05, 4.69) is 15.5 Å². The van der Waals surface area contributed by atoms with Gasteiger partial charge in [-0.25, -0.2) is 0 Å². The van der Waals surface area contributed by atoms with E-state index in [-0.39, 0.29) is 0 Å². The molecule has 1 atom stereocenters. The minimum atomic E-state index is 0.621. The molecule has 1 aromatic rings. The second kappa shape index (κ2) is 5.23. The molecular formula is C10H17N3O2. The molecule has 5 heteroatoms. The lowest BCUT2D eigenvalue weighted by Crippen LogP contribution is -2.18. The maximum Gasteiger partial charge on any atom is 0.230 e. The van der Waals surface area contributed by atoms with E-state index in [1.165, 1.54) is 6.42 Å². The maximum atomic E-state index is 5.31. The molecule has 1 saturated heterocycles. The highest BCUT2D eigenvalue weighted by atomic mass is 16.5.